The maximum atomic E-state index is 11.8. The van der Waals surface area contributed by atoms with Gasteiger partial charge in [-0.2, -0.15) is 4.98 Å². The molecule has 0 radical (unpaired) electrons. The molecule has 2 heterocycles. The molecule has 0 N–H and O–H groups in total. The molecule has 0 aliphatic carbocycles. The number of allylic oxidation sites excluding steroid dienone is 2. The van der Waals surface area contributed by atoms with Crippen molar-refractivity contribution in [3.05, 3.63) is 36.2 Å². The highest BCUT2D eigenvalue weighted by atomic mass is 16.5. The largest absolute Gasteiger partial charge is 0.334 e. The number of hydrogen-bond donors (Lipinski definition) is 0. The molecule has 3 rings (SSSR count). The van der Waals surface area contributed by atoms with Gasteiger partial charge < -0.3 is 9.42 Å². The first kappa shape index (κ1) is 13.5. The summed E-state index contributed by atoms with van der Waals surface area (Å²) in [6.07, 6.45) is 3.46. The van der Waals surface area contributed by atoms with Crippen LogP contribution in [0.15, 0.2) is 34.9 Å². The van der Waals surface area contributed by atoms with Crippen molar-refractivity contribution >= 4 is 17.2 Å². The Kier molecular flexibility index (Phi) is 3.56. The number of rotatable bonds is 3. The maximum Gasteiger partial charge on any atom is 0.253 e. The number of amides is 1. The lowest BCUT2D eigenvalue weighted by molar-refractivity contribution is -0.117. The van der Waals surface area contributed by atoms with E-state index in [0.29, 0.717) is 18.1 Å². The summed E-state index contributed by atoms with van der Waals surface area (Å²) in [6, 6.07) is 7.70. The van der Waals surface area contributed by atoms with Crippen LogP contribution < -0.4 is 4.90 Å². The van der Waals surface area contributed by atoms with E-state index in [9.17, 15) is 4.79 Å². The fourth-order valence-corrected chi connectivity index (χ4v) is 2.36. The zero-order chi connectivity index (χ0) is 14.8. The first-order valence-electron chi connectivity index (χ1n) is 7.07. The van der Waals surface area contributed by atoms with Crippen molar-refractivity contribution in [3.63, 3.8) is 0 Å². The predicted molar refractivity (Wildman–Crippen MR) is 80.6 cm³/mol. The molecule has 108 valence electrons. The van der Waals surface area contributed by atoms with E-state index in [1.165, 1.54) is 0 Å². The van der Waals surface area contributed by atoms with Gasteiger partial charge in [0.05, 0.1) is 0 Å². The summed E-state index contributed by atoms with van der Waals surface area (Å²) >= 11 is 0. The molecular weight excluding hydrogens is 266 g/mol. The Morgan fingerprint density at radius 3 is 3.00 bits per heavy atom. The fraction of sp³-hybridized carbons (Fsp3) is 0.312. The normalized spacial score (nSPS) is 15.8. The number of nitrogens with zero attached hydrogens (tertiary/aromatic N) is 3. The second-order valence-corrected chi connectivity index (χ2v) is 5.09. The van der Waals surface area contributed by atoms with Crippen LogP contribution in [0.1, 0.15) is 32.6 Å². The Morgan fingerprint density at radius 1 is 1.43 bits per heavy atom. The molecule has 1 saturated heterocycles. The Bertz CT molecular complexity index is 703. The zero-order valence-electron chi connectivity index (χ0n) is 12.2. The summed E-state index contributed by atoms with van der Waals surface area (Å²) in [5.41, 5.74) is 2.69. The third-order valence-electron chi connectivity index (χ3n) is 3.69. The van der Waals surface area contributed by atoms with Gasteiger partial charge in [0.25, 0.3) is 5.89 Å². The van der Waals surface area contributed by atoms with Crippen LogP contribution in [-0.2, 0) is 4.79 Å². The van der Waals surface area contributed by atoms with Gasteiger partial charge in [-0.05, 0) is 32.4 Å². The van der Waals surface area contributed by atoms with E-state index in [-0.39, 0.29) is 5.91 Å². The van der Waals surface area contributed by atoms with Crippen molar-refractivity contribution in [3.8, 4) is 11.4 Å². The Morgan fingerprint density at radius 2 is 2.29 bits per heavy atom. The van der Waals surface area contributed by atoms with Crippen molar-refractivity contribution in [2.45, 2.75) is 26.7 Å². The zero-order valence-corrected chi connectivity index (χ0v) is 12.2. The topological polar surface area (TPSA) is 59.2 Å². The van der Waals surface area contributed by atoms with Gasteiger partial charge >= 0.3 is 0 Å². The molecular formula is C16H17N3O2. The van der Waals surface area contributed by atoms with E-state index in [0.717, 1.165) is 29.8 Å². The second kappa shape index (κ2) is 5.52. The third-order valence-corrected chi connectivity index (χ3v) is 3.69. The van der Waals surface area contributed by atoms with Crippen molar-refractivity contribution in [1.29, 1.82) is 0 Å². The molecule has 5 nitrogen and oxygen atoms in total. The van der Waals surface area contributed by atoms with E-state index in [1.807, 2.05) is 49.1 Å². The smallest absolute Gasteiger partial charge is 0.253 e. The first-order valence-corrected chi connectivity index (χ1v) is 7.07. The Labute approximate surface area is 123 Å². The lowest BCUT2D eigenvalue weighted by Gasteiger charge is -2.15. The predicted octanol–water partition coefficient (Wildman–Crippen LogP) is 3.29. The van der Waals surface area contributed by atoms with E-state index >= 15 is 0 Å². The molecule has 1 aromatic heterocycles. The molecule has 1 aromatic carbocycles. The van der Waals surface area contributed by atoms with Crippen molar-refractivity contribution < 1.29 is 9.32 Å². The van der Waals surface area contributed by atoms with Crippen LogP contribution in [0, 0.1) is 0 Å². The molecule has 0 atom stereocenters. The minimum atomic E-state index is 0.172. The highest BCUT2D eigenvalue weighted by Crippen LogP contribution is 2.26. The van der Waals surface area contributed by atoms with E-state index < -0.39 is 0 Å². The summed E-state index contributed by atoms with van der Waals surface area (Å²) in [6.45, 7) is 4.63. The SMILES string of the molecule is CC=C(C)c1nc(-c2cccc(N3CCCC3=O)c2)no1. The number of carbonyl (C=O) groups is 1. The number of benzene rings is 1. The summed E-state index contributed by atoms with van der Waals surface area (Å²) < 4.78 is 5.25. The molecule has 2 aromatic rings. The monoisotopic (exact) mass is 283 g/mol. The van der Waals surface area contributed by atoms with Gasteiger partial charge in [-0.15, -0.1) is 0 Å². The van der Waals surface area contributed by atoms with Gasteiger partial charge in [-0.25, -0.2) is 0 Å². The van der Waals surface area contributed by atoms with Crippen LogP contribution in [0.4, 0.5) is 5.69 Å². The summed E-state index contributed by atoms with van der Waals surface area (Å²) in [4.78, 5) is 18.0. The standard InChI is InChI=1S/C16H17N3O2/c1-3-11(2)16-17-15(18-21-16)12-6-4-7-13(10-12)19-9-5-8-14(19)20/h3-4,6-7,10H,5,8-9H2,1-2H3. The molecule has 0 spiro atoms. The fourth-order valence-electron chi connectivity index (χ4n) is 2.36. The van der Waals surface area contributed by atoms with Crippen LogP contribution >= 0.6 is 0 Å². The molecule has 1 aliphatic rings. The Hall–Kier alpha value is -2.43. The molecule has 0 bridgehead atoms. The van der Waals surface area contributed by atoms with Crippen molar-refractivity contribution in [2.24, 2.45) is 0 Å². The van der Waals surface area contributed by atoms with Crippen molar-refractivity contribution in [1.82, 2.24) is 10.1 Å². The maximum absolute atomic E-state index is 11.8. The second-order valence-electron chi connectivity index (χ2n) is 5.09. The van der Waals surface area contributed by atoms with E-state index in [4.69, 9.17) is 4.52 Å². The molecule has 1 fully saturated rings. The number of anilines is 1. The van der Waals surface area contributed by atoms with E-state index in [2.05, 4.69) is 10.1 Å². The molecule has 21 heavy (non-hydrogen) atoms. The molecule has 1 aliphatic heterocycles. The van der Waals surface area contributed by atoms with Crippen LogP contribution in [0.2, 0.25) is 0 Å². The van der Waals surface area contributed by atoms with Gasteiger partial charge in [0.15, 0.2) is 0 Å². The van der Waals surface area contributed by atoms with Gasteiger partial charge in [0.1, 0.15) is 0 Å². The minimum Gasteiger partial charge on any atom is -0.334 e. The minimum absolute atomic E-state index is 0.172. The van der Waals surface area contributed by atoms with Crippen LogP contribution in [-0.4, -0.2) is 22.6 Å². The highest BCUT2D eigenvalue weighted by Gasteiger charge is 2.22. The molecule has 1 amide bonds. The summed E-state index contributed by atoms with van der Waals surface area (Å²) in [5, 5.41) is 4.01. The summed E-state index contributed by atoms with van der Waals surface area (Å²) in [5.74, 6) is 1.24. The van der Waals surface area contributed by atoms with Crippen LogP contribution in [0.5, 0.6) is 0 Å². The van der Waals surface area contributed by atoms with Gasteiger partial charge in [0, 0.05) is 29.8 Å². The molecule has 5 heteroatoms. The average molecular weight is 283 g/mol. The van der Waals surface area contributed by atoms with Crippen molar-refractivity contribution in [2.75, 3.05) is 11.4 Å². The number of carbonyl (C=O) groups excluding carboxylic acids is 1. The average Bonchev–Trinajstić information content (AvgIpc) is 3.15. The van der Waals surface area contributed by atoms with Crippen LogP contribution in [0.3, 0.4) is 0 Å². The summed E-state index contributed by atoms with van der Waals surface area (Å²) in [7, 11) is 0. The molecule has 0 saturated carbocycles. The number of hydrogen-bond acceptors (Lipinski definition) is 4. The van der Waals surface area contributed by atoms with Gasteiger partial charge in [0.2, 0.25) is 11.7 Å². The van der Waals surface area contributed by atoms with E-state index in [1.54, 1.807) is 0 Å². The number of aromatic nitrogens is 2. The first-order chi connectivity index (χ1) is 10.2. The quantitative estimate of drug-likeness (QED) is 0.867. The highest BCUT2D eigenvalue weighted by molar-refractivity contribution is 5.95. The lowest BCUT2D eigenvalue weighted by Crippen LogP contribution is -2.23. The lowest BCUT2D eigenvalue weighted by atomic mass is 10.2. The van der Waals surface area contributed by atoms with Crippen LogP contribution in [0.25, 0.3) is 17.0 Å². The Balaban J connectivity index is 1.92. The third kappa shape index (κ3) is 2.59. The van der Waals surface area contributed by atoms with Gasteiger partial charge in [-0.1, -0.05) is 23.4 Å². The molecule has 0 unspecified atom stereocenters. The van der Waals surface area contributed by atoms with Gasteiger partial charge in [-0.3, -0.25) is 4.79 Å².